The van der Waals surface area contributed by atoms with Gasteiger partial charge in [0, 0.05) is 18.3 Å². The van der Waals surface area contributed by atoms with E-state index in [9.17, 15) is 0 Å². The maximum Gasteiger partial charge on any atom is 0.528 e. The van der Waals surface area contributed by atoms with Crippen molar-refractivity contribution in [1.29, 1.82) is 0 Å². The van der Waals surface area contributed by atoms with E-state index in [-0.39, 0.29) is 24.4 Å². The summed E-state index contributed by atoms with van der Waals surface area (Å²) in [6.45, 7) is 16.3. The quantitative estimate of drug-likeness (QED) is 0.542. The summed E-state index contributed by atoms with van der Waals surface area (Å²) in [6.07, 6.45) is 2.95. The Morgan fingerprint density at radius 2 is 1.15 bits per heavy atom. The molecule has 20 heavy (non-hydrogen) atoms. The predicted octanol–water partition coefficient (Wildman–Crippen LogP) is 3.94. The lowest BCUT2D eigenvalue weighted by molar-refractivity contribution is -0.0340. The lowest BCUT2D eigenvalue weighted by atomic mass is 10.2. The number of hydrogen-bond donors (Lipinski definition) is 0. The number of ether oxygens (including phenoxy) is 1. The molecule has 0 bridgehead atoms. The highest BCUT2D eigenvalue weighted by atomic mass is 28.4. The van der Waals surface area contributed by atoms with Gasteiger partial charge in [-0.3, -0.25) is 0 Å². The molecule has 0 aromatic rings. The van der Waals surface area contributed by atoms with E-state index in [0.29, 0.717) is 6.23 Å². The highest BCUT2D eigenvalue weighted by Crippen LogP contribution is 2.19. The summed E-state index contributed by atoms with van der Waals surface area (Å²) in [4.78, 5) is 0. The minimum Gasteiger partial charge on any atom is -0.374 e. The van der Waals surface area contributed by atoms with Gasteiger partial charge < -0.3 is 18.0 Å². The Bertz CT molecular complexity index is 217. The van der Waals surface area contributed by atoms with Crippen molar-refractivity contribution in [3.63, 3.8) is 0 Å². The van der Waals surface area contributed by atoms with Crippen LogP contribution in [-0.4, -0.2) is 39.5 Å². The summed E-state index contributed by atoms with van der Waals surface area (Å²) in [7, 11) is -2.80. The van der Waals surface area contributed by atoms with Crippen molar-refractivity contribution in [3.05, 3.63) is 0 Å². The second-order valence-electron chi connectivity index (χ2n) is 6.09. The standard InChI is InChI=1S/C15H34O4Si/c1-9-10-15(8)16-11-20(17-12(2)3,18-13(4)5)19-14(6)7/h12-15H,9-11H2,1-8H3. The van der Waals surface area contributed by atoms with Gasteiger partial charge in [0.1, 0.15) is 6.23 Å². The van der Waals surface area contributed by atoms with E-state index in [4.69, 9.17) is 18.0 Å². The van der Waals surface area contributed by atoms with Gasteiger partial charge in [-0.25, -0.2) is 0 Å². The minimum absolute atomic E-state index is 0.0595. The van der Waals surface area contributed by atoms with Crippen LogP contribution < -0.4 is 0 Å². The van der Waals surface area contributed by atoms with Crippen LogP contribution >= 0.6 is 0 Å². The smallest absolute Gasteiger partial charge is 0.374 e. The summed E-state index contributed by atoms with van der Waals surface area (Å²) in [5.41, 5.74) is 0. The second kappa shape index (κ2) is 9.90. The van der Waals surface area contributed by atoms with E-state index in [0.717, 1.165) is 12.8 Å². The Labute approximate surface area is 126 Å². The van der Waals surface area contributed by atoms with Crippen molar-refractivity contribution >= 4 is 8.80 Å². The molecular formula is C15H34O4Si. The lowest BCUT2D eigenvalue weighted by Crippen LogP contribution is -2.55. The van der Waals surface area contributed by atoms with Gasteiger partial charge in [-0.1, -0.05) is 13.3 Å². The maximum atomic E-state index is 6.06. The minimum atomic E-state index is -2.80. The summed E-state index contributed by atoms with van der Waals surface area (Å²) in [5, 5.41) is 0. The van der Waals surface area contributed by atoms with Gasteiger partial charge in [-0.2, -0.15) is 0 Å². The molecule has 0 aliphatic heterocycles. The molecule has 0 radical (unpaired) electrons. The molecule has 0 spiro atoms. The van der Waals surface area contributed by atoms with Crippen molar-refractivity contribution in [2.75, 3.05) is 6.23 Å². The van der Waals surface area contributed by atoms with Gasteiger partial charge in [0.25, 0.3) is 0 Å². The van der Waals surface area contributed by atoms with E-state index in [1.54, 1.807) is 0 Å². The van der Waals surface area contributed by atoms with Crippen LogP contribution in [0.1, 0.15) is 68.2 Å². The third-order valence-electron chi connectivity index (χ3n) is 2.49. The molecule has 5 heteroatoms. The van der Waals surface area contributed by atoms with Gasteiger partial charge in [-0.05, 0) is 54.9 Å². The summed E-state index contributed by atoms with van der Waals surface area (Å²) in [5.74, 6) is 0. The summed E-state index contributed by atoms with van der Waals surface area (Å²) < 4.78 is 24.1. The van der Waals surface area contributed by atoms with Crippen LogP contribution in [-0.2, 0) is 18.0 Å². The Hall–Kier alpha value is 0.0569. The van der Waals surface area contributed by atoms with Crippen molar-refractivity contribution in [3.8, 4) is 0 Å². The van der Waals surface area contributed by atoms with E-state index in [1.807, 2.05) is 41.5 Å². The zero-order valence-corrected chi connectivity index (χ0v) is 15.6. The Kier molecular flexibility index (Phi) is 9.92. The molecule has 1 unspecified atom stereocenters. The molecule has 0 heterocycles. The van der Waals surface area contributed by atoms with Crippen LogP contribution in [0.3, 0.4) is 0 Å². The predicted molar refractivity (Wildman–Crippen MR) is 84.7 cm³/mol. The first kappa shape index (κ1) is 20.1. The SMILES string of the molecule is CCCC(C)OC[Si](OC(C)C)(OC(C)C)OC(C)C. The lowest BCUT2D eigenvalue weighted by Gasteiger charge is -2.34. The van der Waals surface area contributed by atoms with Crippen LogP contribution in [0, 0.1) is 0 Å². The molecule has 1 atom stereocenters. The van der Waals surface area contributed by atoms with Crippen molar-refractivity contribution < 1.29 is 18.0 Å². The van der Waals surface area contributed by atoms with E-state index >= 15 is 0 Å². The molecule has 0 amide bonds. The highest BCUT2D eigenvalue weighted by Gasteiger charge is 2.45. The largest absolute Gasteiger partial charge is 0.528 e. The highest BCUT2D eigenvalue weighted by molar-refractivity contribution is 6.60. The third-order valence-corrected chi connectivity index (χ3v) is 5.50. The normalized spacial score (nSPS) is 14.6. The van der Waals surface area contributed by atoms with Crippen molar-refractivity contribution in [2.45, 2.75) is 92.6 Å². The molecule has 0 saturated heterocycles. The van der Waals surface area contributed by atoms with Gasteiger partial charge in [0.2, 0.25) is 0 Å². The van der Waals surface area contributed by atoms with Crippen LogP contribution in [0.5, 0.6) is 0 Å². The maximum absolute atomic E-state index is 6.06. The molecule has 0 aliphatic rings. The Morgan fingerprint density at radius 3 is 1.45 bits per heavy atom. The van der Waals surface area contributed by atoms with Crippen molar-refractivity contribution in [2.24, 2.45) is 0 Å². The second-order valence-corrected chi connectivity index (χ2v) is 8.45. The molecule has 0 saturated carbocycles. The molecule has 0 fully saturated rings. The fourth-order valence-corrected chi connectivity index (χ4v) is 5.01. The molecule has 0 aromatic carbocycles. The number of hydrogen-bond acceptors (Lipinski definition) is 4. The first-order valence-corrected chi connectivity index (χ1v) is 9.79. The zero-order valence-electron chi connectivity index (χ0n) is 14.6. The monoisotopic (exact) mass is 306 g/mol. The molecule has 0 N–H and O–H groups in total. The topological polar surface area (TPSA) is 36.9 Å². The molecule has 0 rings (SSSR count). The molecule has 0 aliphatic carbocycles. The Balaban J connectivity index is 4.85. The third kappa shape index (κ3) is 9.08. The van der Waals surface area contributed by atoms with Crippen LogP contribution in [0.25, 0.3) is 0 Å². The van der Waals surface area contributed by atoms with Gasteiger partial charge in [0.15, 0.2) is 0 Å². The number of rotatable bonds is 11. The Morgan fingerprint density at radius 1 is 0.750 bits per heavy atom. The molecular weight excluding hydrogens is 272 g/mol. The first-order chi connectivity index (χ1) is 9.20. The molecule has 122 valence electrons. The average Bonchev–Trinajstić information content (AvgIpc) is 2.23. The fourth-order valence-electron chi connectivity index (χ4n) is 2.00. The average molecular weight is 307 g/mol. The van der Waals surface area contributed by atoms with Crippen LogP contribution in [0.4, 0.5) is 0 Å². The van der Waals surface area contributed by atoms with E-state index < -0.39 is 8.80 Å². The first-order valence-electron chi connectivity index (χ1n) is 7.85. The molecule has 0 aromatic heterocycles. The van der Waals surface area contributed by atoms with Crippen molar-refractivity contribution in [1.82, 2.24) is 0 Å². The molecule has 4 nitrogen and oxygen atoms in total. The summed E-state index contributed by atoms with van der Waals surface area (Å²) >= 11 is 0. The summed E-state index contributed by atoms with van der Waals surface area (Å²) in [6, 6.07) is 0. The van der Waals surface area contributed by atoms with E-state index in [1.165, 1.54) is 0 Å². The van der Waals surface area contributed by atoms with Gasteiger partial charge in [-0.15, -0.1) is 0 Å². The van der Waals surface area contributed by atoms with Gasteiger partial charge in [0.05, 0.1) is 6.10 Å². The fraction of sp³-hybridized carbons (Fsp3) is 1.00. The van der Waals surface area contributed by atoms with E-state index in [2.05, 4.69) is 13.8 Å². The van der Waals surface area contributed by atoms with Crippen LogP contribution in [0.2, 0.25) is 0 Å². The van der Waals surface area contributed by atoms with Gasteiger partial charge >= 0.3 is 8.80 Å². The van der Waals surface area contributed by atoms with Crippen LogP contribution in [0.15, 0.2) is 0 Å². The zero-order chi connectivity index (χ0) is 15.8.